The highest BCUT2D eigenvalue weighted by Gasteiger charge is 2.28. The molecule has 1 aliphatic rings. The normalized spacial score (nSPS) is 14.7. The Labute approximate surface area is 178 Å². The summed E-state index contributed by atoms with van der Waals surface area (Å²) in [5.41, 5.74) is 2.35. The first-order valence-corrected chi connectivity index (χ1v) is 10.1. The second-order valence-electron chi connectivity index (χ2n) is 7.35. The molecule has 0 unspecified atom stereocenters. The number of nitrogens with one attached hydrogen (secondary N) is 1. The van der Waals surface area contributed by atoms with Gasteiger partial charge >= 0.3 is 11.8 Å². The van der Waals surface area contributed by atoms with Crippen LogP contribution in [0.5, 0.6) is 0 Å². The van der Waals surface area contributed by atoms with E-state index in [0.717, 1.165) is 16.5 Å². The maximum atomic E-state index is 13.7. The summed E-state index contributed by atoms with van der Waals surface area (Å²) >= 11 is 5.94. The molecule has 0 saturated carbocycles. The molecule has 2 amide bonds. The first-order chi connectivity index (χ1) is 14.4. The molecule has 3 heterocycles. The molecule has 0 bridgehead atoms. The zero-order chi connectivity index (χ0) is 21.3. The van der Waals surface area contributed by atoms with Gasteiger partial charge in [0.1, 0.15) is 11.6 Å². The average molecular weight is 427 g/mol. The number of fused-ring (bicyclic) bond motifs is 1. The Balaban J connectivity index is 1.42. The topological polar surface area (TPSA) is 75.2 Å². The van der Waals surface area contributed by atoms with Crippen LogP contribution in [0.3, 0.4) is 0 Å². The summed E-state index contributed by atoms with van der Waals surface area (Å²) in [6, 6.07) is 9.66. The minimum atomic E-state index is -0.723. The van der Waals surface area contributed by atoms with Crippen molar-refractivity contribution in [2.75, 3.05) is 18.4 Å². The van der Waals surface area contributed by atoms with Gasteiger partial charge in [-0.2, -0.15) is 0 Å². The Morgan fingerprint density at radius 2 is 1.93 bits per heavy atom. The number of carbonyl (C=O) groups is 2. The smallest absolute Gasteiger partial charge is 0.315 e. The molecule has 0 atom stereocenters. The number of hydrogen-bond acceptors (Lipinski definition) is 4. The number of rotatable bonds is 2. The zero-order valence-electron chi connectivity index (χ0n) is 16.4. The van der Waals surface area contributed by atoms with Gasteiger partial charge in [0.25, 0.3) is 0 Å². The van der Waals surface area contributed by atoms with Crippen LogP contribution in [0.4, 0.5) is 10.2 Å². The number of hydrogen-bond donors (Lipinski definition) is 1. The van der Waals surface area contributed by atoms with Crippen LogP contribution in [0, 0.1) is 12.7 Å². The fraction of sp³-hybridized carbons (Fsp3) is 0.273. The first kappa shape index (κ1) is 20.2. The number of amides is 2. The van der Waals surface area contributed by atoms with Gasteiger partial charge in [0.15, 0.2) is 0 Å². The molecule has 4 rings (SSSR count). The van der Waals surface area contributed by atoms with Crippen molar-refractivity contribution in [3.63, 3.8) is 0 Å². The van der Waals surface area contributed by atoms with E-state index >= 15 is 0 Å². The van der Waals surface area contributed by atoms with E-state index in [-0.39, 0.29) is 17.6 Å². The molecule has 6 nitrogen and oxygen atoms in total. The number of nitrogens with zero attached hydrogens (tertiary/aromatic N) is 3. The van der Waals surface area contributed by atoms with Crippen LogP contribution in [-0.2, 0) is 9.59 Å². The molecule has 154 valence electrons. The molecule has 1 fully saturated rings. The van der Waals surface area contributed by atoms with Crippen LogP contribution in [0.2, 0.25) is 5.02 Å². The van der Waals surface area contributed by atoms with E-state index in [4.69, 9.17) is 11.6 Å². The van der Waals surface area contributed by atoms with Gasteiger partial charge in [0, 0.05) is 24.7 Å². The van der Waals surface area contributed by atoms with Crippen molar-refractivity contribution in [3.8, 4) is 0 Å². The lowest BCUT2D eigenvalue weighted by molar-refractivity contribution is -0.143. The van der Waals surface area contributed by atoms with E-state index in [1.54, 1.807) is 36.2 Å². The van der Waals surface area contributed by atoms with Gasteiger partial charge < -0.3 is 10.2 Å². The number of halogens is 2. The highest BCUT2D eigenvalue weighted by Crippen LogP contribution is 2.32. The molecule has 30 heavy (non-hydrogen) atoms. The van der Waals surface area contributed by atoms with E-state index in [1.165, 1.54) is 12.1 Å². The fourth-order valence-corrected chi connectivity index (χ4v) is 3.92. The maximum Gasteiger partial charge on any atom is 0.315 e. The number of anilines is 1. The third-order valence-electron chi connectivity index (χ3n) is 5.42. The number of likely N-dealkylation sites (tertiary alicyclic amines) is 1. The molecule has 0 radical (unpaired) electrons. The lowest BCUT2D eigenvalue weighted by Gasteiger charge is -2.32. The summed E-state index contributed by atoms with van der Waals surface area (Å²) in [4.78, 5) is 34.9. The van der Waals surface area contributed by atoms with Crippen LogP contribution in [0.15, 0.2) is 42.6 Å². The summed E-state index contributed by atoms with van der Waals surface area (Å²) in [6.07, 6.45) is 3.10. The van der Waals surface area contributed by atoms with Gasteiger partial charge in [0.05, 0.1) is 16.2 Å². The van der Waals surface area contributed by atoms with E-state index in [1.807, 2.05) is 6.07 Å². The molecule has 2 aromatic heterocycles. The summed E-state index contributed by atoms with van der Waals surface area (Å²) in [7, 11) is 0. The molecule has 8 heteroatoms. The number of benzene rings is 1. The van der Waals surface area contributed by atoms with Crippen molar-refractivity contribution in [2.45, 2.75) is 25.7 Å². The first-order valence-electron chi connectivity index (χ1n) is 9.70. The quantitative estimate of drug-likeness (QED) is 0.626. The Hall–Kier alpha value is -3.06. The summed E-state index contributed by atoms with van der Waals surface area (Å²) in [5.74, 6) is -1.15. The lowest BCUT2D eigenvalue weighted by Crippen LogP contribution is -2.44. The van der Waals surface area contributed by atoms with Crippen LogP contribution < -0.4 is 5.32 Å². The fourth-order valence-electron chi connectivity index (χ4n) is 3.82. The van der Waals surface area contributed by atoms with E-state index < -0.39 is 11.8 Å². The van der Waals surface area contributed by atoms with Crippen molar-refractivity contribution < 1.29 is 14.0 Å². The second-order valence-corrected chi connectivity index (χ2v) is 7.75. The number of piperidine rings is 1. The third kappa shape index (κ3) is 4.11. The minimum absolute atomic E-state index is 0.171. The van der Waals surface area contributed by atoms with Crippen LogP contribution >= 0.6 is 11.6 Å². The Bertz CT molecular complexity index is 1130. The second kappa shape index (κ2) is 8.36. The monoisotopic (exact) mass is 426 g/mol. The Morgan fingerprint density at radius 3 is 2.67 bits per heavy atom. The highest BCUT2D eigenvalue weighted by atomic mass is 35.5. The third-order valence-corrected chi connectivity index (χ3v) is 5.82. The van der Waals surface area contributed by atoms with E-state index in [2.05, 4.69) is 15.3 Å². The summed E-state index contributed by atoms with van der Waals surface area (Å²) in [6.45, 7) is 2.62. The molecule has 1 aliphatic heterocycles. The highest BCUT2D eigenvalue weighted by molar-refractivity contribution is 6.39. The molecular weight excluding hydrogens is 407 g/mol. The standard InChI is InChI=1S/C22H20ClFN4O2/c1-13-18(23)3-5-20(26-13)27-21(29)22(30)28-10-7-14(8-11-28)16-6-9-25-19-4-2-15(24)12-17(16)19/h2-6,9,12,14H,7-8,10-11H2,1H3,(H,26,27,29). The molecule has 1 aromatic carbocycles. The molecule has 0 aliphatic carbocycles. The average Bonchev–Trinajstić information content (AvgIpc) is 2.75. The van der Waals surface area contributed by atoms with E-state index in [9.17, 15) is 14.0 Å². The van der Waals surface area contributed by atoms with Crippen molar-refractivity contribution in [2.24, 2.45) is 0 Å². The van der Waals surface area contributed by atoms with Crippen molar-refractivity contribution in [1.29, 1.82) is 0 Å². The molecule has 0 spiro atoms. The maximum absolute atomic E-state index is 13.7. The Kier molecular flexibility index (Phi) is 5.63. The van der Waals surface area contributed by atoms with Gasteiger partial charge in [-0.05, 0) is 67.6 Å². The van der Waals surface area contributed by atoms with Gasteiger partial charge in [0.2, 0.25) is 0 Å². The predicted molar refractivity (Wildman–Crippen MR) is 113 cm³/mol. The van der Waals surface area contributed by atoms with Crippen LogP contribution in [0.1, 0.15) is 30.0 Å². The predicted octanol–water partition coefficient (Wildman–Crippen LogP) is 4.08. The molecule has 1 saturated heterocycles. The number of aryl methyl sites for hydroxylation is 1. The number of aromatic nitrogens is 2. The van der Waals surface area contributed by atoms with Crippen LogP contribution in [0.25, 0.3) is 10.9 Å². The lowest BCUT2D eigenvalue weighted by atomic mass is 9.87. The van der Waals surface area contributed by atoms with E-state index in [0.29, 0.717) is 36.6 Å². The molecular formula is C22H20ClFN4O2. The molecule has 3 aromatic rings. The summed E-state index contributed by atoms with van der Waals surface area (Å²) < 4.78 is 13.7. The van der Waals surface area contributed by atoms with Crippen molar-refractivity contribution >= 4 is 40.1 Å². The van der Waals surface area contributed by atoms with Gasteiger partial charge in [-0.1, -0.05) is 11.6 Å². The van der Waals surface area contributed by atoms with Crippen molar-refractivity contribution in [1.82, 2.24) is 14.9 Å². The van der Waals surface area contributed by atoms with Crippen LogP contribution in [-0.4, -0.2) is 39.8 Å². The zero-order valence-corrected chi connectivity index (χ0v) is 17.1. The summed E-state index contributed by atoms with van der Waals surface area (Å²) in [5, 5.41) is 3.82. The van der Waals surface area contributed by atoms with Gasteiger partial charge in [-0.3, -0.25) is 14.6 Å². The Morgan fingerprint density at radius 1 is 1.17 bits per heavy atom. The largest absolute Gasteiger partial charge is 0.334 e. The SMILES string of the molecule is Cc1nc(NC(=O)C(=O)N2CCC(c3ccnc4ccc(F)cc34)CC2)ccc1Cl. The minimum Gasteiger partial charge on any atom is -0.334 e. The van der Waals surface area contributed by atoms with Gasteiger partial charge in [-0.15, -0.1) is 0 Å². The van der Waals surface area contributed by atoms with Crippen molar-refractivity contribution in [3.05, 3.63) is 64.7 Å². The van der Waals surface area contributed by atoms with Gasteiger partial charge in [-0.25, -0.2) is 9.37 Å². The number of carbonyl (C=O) groups excluding carboxylic acids is 2. The number of pyridine rings is 2. The molecule has 1 N–H and O–H groups in total.